The number of rotatable bonds is 4. The Hall–Kier alpha value is -1.07. The first kappa shape index (κ1) is 13.4. The molecule has 0 amide bonds. The minimum atomic E-state index is 0.424. The van der Waals surface area contributed by atoms with Crippen LogP contribution in [0.15, 0.2) is 45.6 Å². The van der Waals surface area contributed by atoms with Crippen molar-refractivity contribution >= 4 is 31.9 Å². The number of benzene rings is 1. The van der Waals surface area contributed by atoms with Crippen LogP contribution in [-0.2, 0) is 6.61 Å². The molecule has 1 heterocycles. The number of pyridine rings is 1. The smallest absolute Gasteiger partial charge is 0.152 e. The van der Waals surface area contributed by atoms with Gasteiger partial charge in [-0.3, -0.25) is 0 Å². The summed E-state index contributed by atoms with van der Waals surface area (Å²) in [4.78, 5) is 4.10. The molecule has 0 saturated carbocycles. The van der Waals surface area contributed by atoms with Crippen LogP contribution in [0.2, 0.25) is 0 Å². The van der Waals surface area contributed by atoms with Crippen LogP contribution in [0.5, 0.6) is 11.5 Å². The lowest BCUT2D eigenvalue weighted by Crippen LogP contribution is -1.99. The van der Waals surface area contributed by atoms with Crippen molar-refractivity contribution in [3.8, 4) is 11.5 Å². The number of aromatic nitrogens is 1. The van der Waals surface area contributed by atoms with E-state index in [-0.39, 0.29) is 0 Å². The molecule has 94 valence electrons. The fourth-order valence-electron chi connectivity index (χ4n) is 1.49. The molecule has 0 atom stereocenters. The van der Waals surface area contributed by atoms with Gasteiger partial charge in [0.05, 0.1) is 7.11 Å². The maximum atomic E-state index is 5.71. The first-order valence-electron chi connectivity index (χ1n) is 5.26. The van der Waals surface area contributed by atoms with E-state index < -0.39 is 0 Å². The van der Waals surface area contributed by atoms with E-state index in [1.807, 2.05) is 30.3 Å². The molecular weight excluding hydrogens is 362 g/mol. The fraction of sp³-hybridized carbons (Fsp3) is 0.154. The number of hydrogen-bond donors (Lipinski definition) is 0. The van der Waals surface area contributed by atoms with E-state index in [0.717, 1.165) is 15.8 Å². The van der Waals surface area contributed by atoms with Gasteiger partial charge in [0.15, 0.2) is 5.75 Å². The number of nitrogens with zero attached hydrogens (tertiary/aromatic N) is 1. The average Bonchev–Trinajstić information content (AvgIpc) is 2.38. The molecule has 0 spiro atoms. The summed E-state index contributed by atoms with van der Waals surface area (Å²) >= 11 is 6.78. The highest BCUT2D eigenvalue weighted by Gasteiger charge is 2.06. The molecule has 2 rings (SSSR count). The Bertz CT molecular complexity index is 546. The molecule has 0 aliphatic heterocycles. The molecule has 0 radical (unpaired) electrons. The summed E-state index contributed by atoms with van der Waals surface area (Å²) in [5.74, 6) is 1.51. The zero-order valence-electron chi connectivity index (χ0n) is 9.69. The van der Waals surface area contributed by atoms with E-state index in [1.165, 1.54) is 0 Å². The van der Waals surface area contributed by atoms with Crippen LogP contribution in [0.4, 0.5) is 0 Å². The van der Waals surface area contributed by atoms with Gasteiger partial charge in [0.2, 0.25) is 0 Å². The first-order chi connectivity index (χ1) is 8.70. The number of hydrogen-bond acceptors (Lipinski definition) is 3. The van der Waals surface area contributed by atoms with Gasteiger partial charge in [0, 0.05) is 16.2 Å². The number of halogens is 2. The molecule has 0 N–H and O–H groups in total. The Morgan fingerprint density at radius 2 is 2.00 bits per heavy atom. The lowest BCUT2D eigenvalue weighted by molar-refractivity contribution is 0.293. The summed E-state index contributed by atoms with van der Waals surface area (Å²) in [5, 5.41) is 0. The van der Waals surface area contributed by atoms with E-state index >= 15 is 0 Å². The van der Waals surface area contributed by atoms with E-state index in [9.17, 15) is 0 Å². The lowest BCUT2D eigenvalue weighted by Gasteiger charge is -2.11. The zero-order chi connectivity index (χ0) is 13.0. The van der Waals surface area contributed by atoms with Crippen molar-refractivity contribution in [3.05, 3.63) is 51.2 Å². The highest BCUT2D eigenvalue weighted by atomic mass is 79.9. The Labute approximate surface area is 122 Å². The second-order valence-electron chi connectivity index (χ2n) is 3.54. The fourth-order valence-corrected chi connectivity index (χ4v) is 2.27. The molecule has 1 aromatic carbocycles. The van der Waals surface area contributed by atoms with Crippen molar-refractivity contribution in [2.45, 2.75) is 6.61 Å². The molecule has 0 unspecified atom stereocenters. The third-order valence-corrected chi connectivity index (χ3v) is 3.44. The van der Waals surface area contributed by atoms with Crippen molar-refractivity contribution < 1.29 is 9.47 Å². The van der Waals surface area contributed by atoms with Gasteiger partial charge in [-0.05, 0) is 46.3 Å². The molecule has 0 saturated heterocycles. The largest absolute Gasteiger partial charge is 0.496 e. The summed E-state index contributed by atoms with van der Waals surface area (Å²) in [6.07, 6.45) is 1.70. The van der Waals surface area contributed by atoms with Crippen molar-refractivity contribution in [3.63, 3.8) is 0 Å². The van der Waals surface area contributed by atoms with Gasteiger partial charge < -0.3 is 9.47 Å². The topological polar surface area (TPSA) is 31.4 Å². The monoisotopic (exact) mass is 371 g/mol. The van der Waals surface area contributed by atoms with Crippen molar-refractivity contribution in [1.29, 1.82) is 0 Å². The van der Waals surface area contributed by atoms with Crippen LogP contribution >= 0.6 is 31.9 Å². The van der Waals surface area contributed by atoms with Crippen molar-refractivity contribution in [2.24, 2.45) is 0 Å². The standard InChI is InChI=1S/C13H11Br2NO2/c1-17-11-5-4-10(14)7-9(11)8-18-12-3-2-6-16-13(12)15/h2-7H,8H2,1H3. The van der Waals surface area contributed by atoms with Crippen LogP contribution in [0, 0.1) is 0 Å². The molecule has 0 bridgehead atoms. The molecule has 0 aliphatic rings. The number of methoxy groups -OCH3 is 1. The molecule has 18 heavy (non-hydrogen) atoms. The quantitative estimate of drug-likeness (QED) is 0.754. The van der Waals surface area contributed by atoms with Crippen LogP contribution in [-0.4, -0.2) is 12.1 Å². The van der Waals surface area contributed by atoms with Gasteiger partial charge >= 0.3 is 0 Å². The van der Waals surface area contributed by atoms with Gasteiger partial charge in [0.25, 0.3) is 0 Å². The van der Waals surface area contributed by atoms with Gasteiger partial charge in [-0.2, -0.15) is 0 Å². The number of ether oxygens (including phenoxy) is 2. The summed E-state index contributed by atoms with van der Waals surface area (Å²) < 4.78 is 12.7. The van der Waals surface area contributed by atoms with Crippen LogP contribution in [0.3, 0.4) is 0 Å². The Morgan fingerprint density at radius 1 is 1.17 bits per heavy atom. The molecule has 0 fully saturated rings. The van der Waals surface area contributed by atoms with Crippen molar-refractivity contribution in [2.75, 3.05) is 7.11 Å². The normalized spacial score (nSPS) is 10.2. The average molecular weight is 373 g/mol. The Kier molecular flexibility index (Phi) is 4.60. The molecule has 0 aliphatic carbocycles. The van der Waals surface area contributed by atoms with Gasteiger partial charge in [-0.15, -0.1) is 0 Å². The first-order valence-corrected chi connectivity index (χ1v) is 6.85. The van der Waals surface area contributed by atoms with Crippen molar-refractivity contribution in [1.82, 2.24) is 4.98 Å². The van der Waals surface area contributed by atoms with E-state index in [1.54, 1.807) is 13.3 Å². The van der Waals surface area contributed by atoms with E-state index in [0.29, 0.717) is 17.0 Å². The van der Waals surface area contributed by atoms with Gasteiger partial charge in [0.1, 0.15) is 17.0 Å². The summed E-state index contributed by atoms with van der Waals surface area (Å²) in [6, 6.07) is 9.51. The van der Waals surface area contributed by atoms with E-state index in [4.69, 9.17) is 9.47 Å². The second kappa shape index (κ2) is 6.20. The Balaban J connectivity index is 2.15. The minimum Gasteiger partial charge on any atom is -0.496 e. The highest BCUT2D eigenvalue weighted by Crippen LogP contribution is 2.26. The van der Waals surface area contributed by atoms with Crippen LogP contribution < -0.4 is 9.47 Å². The third kappa shape index (κ3) is 3.23. The maximum Gasteiger partial charge on any atom is 0.152 e. The summed E-state index contributed by atoms with van der Waals surface area (Å²) in [5.41, 5.74) is 0.975. The maximum absolute atomic E-state index is 5.71. The minimum absolute atomic E-state index is 0.424. The summed E-state index contributed by atoms with van der Waals surface area (Å²) in [6.45, 7) is 0.424. The van der Waals surface area contributed by atoms with Gasteiger partial charge in [-0.25, -0.2) is 4.98 Å². The molecule has 3 nitrogen and oxygen atoms in total. The zero-order valence-corrected chi connectivity index (χ0v) is 12.9. The van der Waals surface area contributed by atoms with E-state index in [2.05, 4.69) is 36.8 Å². The van der Waals surface area contributed by atoms with Crippen LogP contribution in [0.1, 0.15) is 5.56 Å². The molecule has 2 aromatic rings. The molecule has 5 heteroatoms. The molecular formula is C13H11Br2NO2. The Morgan fingerprint density at radius 3 is 2.72 bits per heavy atom. The third-order valence-electron chi connectivity index (χ3n) is 2.35. The highest BCUT2D eigenvalue weighted by molar-refractivity contribution is 9.10. The SMILES string of the molecule is COc1ccc(Br)cc1COc1cccnc1Br. The predicted octanol–water partition coefficient (Wildman–Crippen LogP) is 4.19. The van der Waals surface area contributed by atoms with Crippen LogP contribution in [0.25, 0.3) is 0 Å². The lowest BCUT2D eigenvalue weighted by atomic mass is 10.2. The molecule has 1 aromatic heterocycles. The second-order valence-corrected chi connectivity index (χ2v) is 5.20. The summed E-state index contributed by atoms with van der Waals surface area (Å²) in [7, 11) is 1.65. The predicted molar refractivity (Wildman–Crippen MR) is 77.0 cm³/mol. The van der Waals surface area contributed by atoms with Gasteiger partial charge in [-0.1, -0.05) is 15.9 Å².